The van der Waals surface area contributed by atoms with Crippen molar-refractivity contribution in [1.29, 1.82) is 0 Å². The molecule has 2 aromatic heterocycles. The van der Waals surface area contributed by atoms with E-state index in [1.54, 1.807) is 42.9 Å². The van der Waals surface area contributed by atoms with Gasteiger partial charge in [-0.25, -0.2) is 14.4 Å². The number of amides is 1. The highest BCUT2D eigenvalue weighted by molar-refractivity contribution is 6.08. The third-order valence-electron chi connectivity index (χ3n) is 6.85. The molecule has 0 aliphatic carbocycles. The number of pyridine rings is 1. The zero-order valence-electron chi connectivity index (χ0n) is 21.7. The summed E-state index contributed by atoms with van der Waals surface area (Å²) in [5, 5.41) is 16.5. The van der Waals surface area contributed by atoms with E-state index >= 15 is 0 Å². The summed E-state index contributed by atoms with van der Waals surface area (Å²) in [4.78, 5) is 23.8. The van der Waals surface area contributed by atoms with Crippen molar-refractivity contribution in [1.82, 2.24) is 19.6 Å². The van der Waals surface area contributed by atoms with E-state index in [2.05, 4.69) is 32.1 Å². The molecule has 2 aliphatic heterocycles. The molecule has 3 N–H and O–H groups in total. The summed E-state index contributed by atoms with van der Waals surface area (Å²) in [5.74, 6) is 0.0623. The smallest absolute Gasteiger partial charge is 0.254 e. The zero-order chi connectivity index (χ0) is 27.0. The molecule has 0 spiro atoms. The number of nitrogens with one attached hydrogen (secondary N) is 2. The van der Waals surface area contributed by atoms with Crippen LogP contribution in [-0.2, 0) is 11.3 Å². The van der Waals surface area contributed by atoms with E-state index in [1.807, 2.05) is 19.1 Å². The van der Waals surface area contributed by atoms with Gasteiger partial charge in [-0.05, 0) is 44.5 Å². The molecule has 1 atom stereocenters. The molecule has 1 amide bonds. The second-order valence-electron chi connectivity index (χ2n) is 9.97. The molecule has 1 fully saturated rings. The molecule has 0 saturated carbocycles. The Bertz CT molecular complexity index is 1470. The van der Waals surface area contributed by atoms with Gasteiger partial charge in [0.15, 0.2) is 0 Å². The van der Waals surface area contributed by atoms with Gasteiger partial charge in [-0.15, -0.1) is 0 Å². The van der Waals surface area contributed by atoms with Crippen LogP contribution in [-0.4, -0.2) is 62.5 Å². The largest absolute Gasteiger partial charge is 0.388 e. The normalized spacial score (nSPS) is 18.5. The van der Waals surface area contributed by atoms with Crippen LogP contribution in [0.25, 0.3) is 16.9 Å². The van der Waals surface area contributed by atoms with Crippen molar-refractivity contribution in [2.45, 2.75) is 39.0 Å². The maximum Gasteiger partial charge on any atom is 0.254 e. The van der Waals surface area contributed by atoms with Crippen LogP contribution in [0.2, 0.25) is 0 Å². The van der Waals surface area contributed by atoms with Crippen LogP contribution >= 0.6 is 0 Å². The first-order chi connectivity index (χ1) is 18.2. The lowest BCUT2D eigenvalue weighted by atomic mass is 9.99. The average molecular weight is 519 g/mol. The Hall–Kier alpha value is -4.02. The maximum absolute atomic E-state index is 13.6. The number of imidazole rings is 1. The predicted molar refractivity (Wildman–Crippen MR) is 144 cm³/mol. The summed E-state index contributed by atoms with van der Waals surface area (Å²) in [7, 11) is 0. The van der Waals surface area contributed by atoms with Gasteiger partial charge in [0.2, 0.25) is 0 Å². The third-order valence-corrected chi connectivity index (χ3v) is 6.85. The number of allylic oxidation sites excluding steroid dienone is 1. The molecule has 1 aromatic carbocycles. The summed E-state index contributed by atoms with van der Waals surface area (Å²) < 4.78 is 21.2. The first-order valence-electron chi connectivity index (χ1n) is 12.5. The fourth-order valence-corrected chi connectivity index (χ4v) is 4.81. The van der Waals surface area contributed by atoms with E-state index in [-0.39, 0.29) is 17.8 Å². The number of hydrogen-bond acceptors (Lipinski definition) is 6. The summed E-state index contributed by atoms with van der Waals surface area (Å²) >= 11 is 0. The molecule has 3 aromatic rings. The van der Waals surface area contributed by atoms with Gasteiger partial charge in [0.1, 0.15) is 23.4 Å². The lowest BCUT2D eigenvalue weighted by Gasteiger charge is -2.39. The van der Waals surface area contributed by atoms with E-state index in [4.69, 9.17) is 4.74 Å². The Labute approximate surface area is 220 Å². The Balaban J connectivity index is 1.41. The number of aliphatic hydroxyl groups is 1. The number of anilines is 1. The lowest BCUT2D eigenvalue weighted by Crippen LogP contribution is -2.51. The molecule has 4 heterocycles. The van der Waals surface area contributed by atoms with Crippen LogP contribution < -0.4 is 10.6 Å². The van der Waals surface area contributed by atoms with Crippen molar-refractivity contribution in [3.63, 3.8) is 0 Å². The number of aromatic nitrogens is 2. The second-order valence-corrected chi connectivity index (χ2v) is 9.97. The van der Waals surface area contributed by atoms with Crippen LogP contribution in [0.15, 0.2) is 66.2 Å². The molecule has 38 heavy (non-hydrogen) atoms. The number of carbonyl (C=O) groups excluding carboxylic acids is 1. The predicted octanol–water partition coefficient (Wildman–Crippen LogP) is 3.71. The molecule has 5 rings (SSSR count). The SMILES string of the molecule is C=C/C(=C\N=C(C)Nc1ccc(-c2cnc3cc(F)ccn23)c2c1C(=O)NC2)N1CCOC(C(C)(C)O)C1. The summed E-state index contributed by atoms with van der Waals surface area (Å²) in [6.07, 6.45) is 6.44. The van der Waals surface area contributed by atoms with E-state index in [0.29, 0.717) is 49.0 Å². The molecular weight excluding hydrogens is 487 g/mol. The van der Waals surface area contributed by atoms with Gasteiger partial charge < -0.3 is 25.4 Å². The van der Waals surface area contributed by atoms with E-state index < -0.39 is 5.60 Å². The van der Waals surface area contributed by atoms with Crippen LogP contribution in [0.5, 0.6) is 0 Å². The maximum atomic E-state index is 13.6. The third kappa shape index (κ3) is 4.92. The minimum atomic E-state index is -0.960. The number of halogens is 1. The topological polar surface area (TPSA) is 103 Å². The molecule has 198 valence electrons. The van der Waals surface area contributed by atoms with Gasteiger partial charge in [-0.2, -0.15) is 0 Å². The van der Waals surface area contributed by atoms with Gasteiger partial charge in [0, 0.05) is 37.5 Å². The summed E-state index contributed by atoms with van der Waals surface area (Å²) in [6.45, 7) is 11.3. The fourth-order valence-electron chi connectivity index (χ4n) is 4.81. The van der Waals surface area contributed by atoms with Crippen LogP contribution in [0.4, 0.5) is 10.1 Å². The summed E-state index contributed by atoms with van der Waals surface area (Å²) in [6, 6.07) is 6.52. The van der Waals surface area contributed by atoms with Crippen molar-refractivity contribution in [2.24, 2.45) is 4.99 Å². The van der Waals surface area contributed by atoms with Crippen molar-refractivity contribution < 1.29 is 19.0 Å². The lowest BCUT2D eigenvalue weighted by molar-refractivity contribution is -0.121. The highest BCUT2D eigenvalue weighted by Crippen LogP contribution is 2.34. The number of nitrogens with zero attached hydrogens (tertiary/aromatic N) is 4. The van der Waals surface area contributed by atoms with E-state index in [1.165, 1.54) is 12.1 Å². The minimum Gasteiger partial charge on any atom is -0.388 e. The zero-order valence-corrected chi connectivity index (χ0v) is 21.7. The number of benzene rings is 1. The molecule has 10 heteroatoms. The summed E-state index contributed by atoms with van der Waals surface area (Å²) in [5.41, 5.74) is 4.00. The molecule has 2 aliphatic rings. The van der Waals surface area contributed by atoms with Crippen LogP contribution in [0.1, 0.15) is 36.7 Å². The quantitative estimate of drug-likeness (QED) is 0.261. The number of ether oxygens (including phenoxy) is 1. The van der Waals surface area contributed by atoms with Gasteiger partial charge >= 0.3 is 0 Å². The molecule has 0 bridgehead atoms. The Morgan fingerprint density at radius 3 is 2.97 bits per heavy atom. The number of morpholine rings is 1. The second kappa shape index (κ2) is 10.0. The molecule has 1 saturated heterocycles. The number of rotatable bonds is 6. The minimum absolute atomic E-state index is 0.176. The van der Waals surface area contributed by atoms with Crippen LogP contribution in [0, 0.1) is 5.82 Å². The van der Waals surface area contributed by atoms with Crippen molar-refractivity contribution >= 4 is 23.1 Å². The highest BCUT2D eigenvalue weighted by atomic mass is 19.1. The van der Waals surface area contributed by atoms with Crippen molar-refractivity contribution in [2.75, 3.05) is 25.0 Å². The fraction of sp³-hybridized carbons (Fsp3) is 0.321. The van der Waals surface area contributed by atoms with E-state index in [0.717, 1.165) is 22.5 Å². The van der Waals surface area contributed by atoms with Gasteiger partial charge in [0.25, 0.3) is 5.91 Å². The first kappa shape index (κ1) is 25.6. The Kier molecular flexibility index (Phi) is 6.77. The first-order valence-corrected chi connectivity index (χ1v) is 12.5. The average Bonchev–Trinajstić information content (AvgIpc) is 3.48. The number of aliphatic imine (C=N–C) groups is 1. The molecule has 0 radical (unpaired) electrons. The van der Waals surface area contributed by atoms with Crippen molar-refractivity contribution in [3.05, 3.63) is 78.2 Å². The molecule has 9 nitrogen and oxygen atoms in total. The van der Waals surface area contributed by atoms with Gasteiger partial charge in [-0.1, -0.05) is 12.6 Å². The number of hydrogen-bond donors (Lipinski definition) is 3. The van der Waals surface area contributed by atoms with Gasteiger partial charge in [0.05, 0.1) is 47.2 Å². The number of fused-ring (bicyclic) bond motifs is 2. The number of carbonyl (C=O) groups is 1. The monoisotopic (exact) mass is 518 g/mol. The number of amidine groups is 1. The van der Waals surface area contributed by atoms with E-state index in [9.17, 15) is 14.3 Å². The van der Waals surface area contributed by atoms with Gasteiger partial charge in [-0.3, -0.25) is 9.20 Å². The molecular formula is C28H31FN6O3. The van der Waals surface area contributed by atoms with Crippen molar-refractivity contribution in [3.8, 4) is 11.3 Å². The van der Waals surface area contributed by atoms with Crippen LogP contribution in [0.3, 0.4) is 0 Å². The molecule has 1 unspecified atom stereocenters. The standard InChI is InChI=1S/C28H31FN6O3/c1-5-19(34-10-11-38-24(16-34)28(3,4)37)13-30-17(2)33-22-7-6-20(21-14-32-27(36)26(21)22)23-15-31-25-12-18(29)8-9-35(23)25/h5-9,12-13,15,24,37H,1,10-11,14,16H2,2-4H3,(H,30,33)(H,32,36)/b19-13+. The Morgan fingerprint density at radius 1 is 1.39 bits per heavy atom. The highest BCUT2D eigenvalue weighted by Gasteiger charge is 2.33. The Morgan fingerprint density at radius 2 is 2.21 bits per heavy atom.